The number of nitrogens with zero attached hydrogens (tertiary/aromatic N) is 2. The molecule has 0 saturated carbocycles. The lowest BCUT2D eigenvalue weighted by Crippen LogP contribution is -2.13. The maximum Gasteiger partial charge on any atom is 0.268 e. The minimum absolute atomic E-state index is 0.0226. The molecule has 1 heterocycles. The molecule has 1 amide bonds. The molecule has 0 bridgehead atoms. The van der Waals surface area contributed by atoms with Gasteiger partial charge in [0.05, 0.1) is 6.61 Å². The monoisotopic (exact) mass is 299 g/mol. The largest absolute Gasteiger partial charge is 0.494 e. The Hall–Kier alpha value is -2.65. The number of hydrogen-bond donors (Lipinski definition) is 1. The summed E-state index contributed by atoms with van der Waals surface area (Å²) in [5.74, 6) is 0.279. The van der Waals surface area contributed by atoms with E-state index in [2.05, 4.69) is 10.3 Å². The van der Waals surface area contributed by atoms with Crippen LogP contribution in [-0.2, 0) is 4.79 Å². The molecule has 6 heteroatoms. The van der Waals surface area contributed by atoms with Gasteiger partial charge >= 0.3 is 0 Å². The molecule has 106 valence electrons. The van der Waals surface area contributed by atoms with Crippen molar-refractivity contribution in [2.24, 2.45) is 0 Å². The summed E-state index contributed by atoms with van der Waals surface area (Å²) in [4.78, 5) is 15.9. The number of aromatic nitrogens is 1. The topological polar surface area (TPSA) is 75.0 Å². The van der Waals surface area contributed by atoms with Crippen LogP contribution in [0.25, 0.3) is 6.08 Å². The molecule has 0 unspecified atom stereocenters. The summed E-state index contributed by atoms with van der Waals surface area (Å²) < 4.78 is 5.34. The molecule has 21 heavy (non-hydrogen) atoms. The maximum absolute atomic E-state index is 12.0. The summed E-state index contributed by atoms with van der Waals surface area (Å²) in [6.07, 6.45) is 3.11. The average Bonchev–Trinajstić information content (AvgIpc) is 2.99. The molecule has 2 rings (SSSR count). The Bertz CT molecular complexity index is 670. The predicted octanol–water partition coefficient (Wildman–Crippen LogP) is 3.09. The van der Waals surface area contributed by atoms with E-state index in [9.17, 15) is 4.79 Å². The first-order chi connectivity index (χ1) is 10.2. The summed E-state index contributed by atoms with van der Waals surface area (Å²) in [7, 11) is 0. The Kier molecular flexibility index (Phi) is 5.07. The van der Waals surface area contributed by atoms with Crippen LogP contribution in [0.3, 0.4) is 0 Å². The van der Waals surface area contributed by atoms with Crippen molar-refractivity contribution in [3.63, 3.8) is 0 Å². The second-order valence-corrected chi connectivity index (χ2v) is 4.86. The molecular weight excluding hydrogens is 286 g/mol. The first kappa shape index (κ1) is 14.8. The van der Waals surface area contributed by atoms with Crippen LogP contribution in [-0.4, -0.2) is 17.5 Å². The van der Waals surface area contributed by atoms with Crippen LogP contribution in [0.1, 0.15) is 12.5 Å². The fraction of sp³-hybridized carbons (Fsp3) is 0.133. The summed E-state index contributed by atoms with van der Waals surface area (Å²) in [5, 5.41) is 13.9. The second-order valence-electron chi connectivity index (χ2n) is 3.96. The molecule has 0 aliphatic heterocycles. The molecule has 0 fully saturated rings. The summed E-state index contributed by atoms with van der Waals surface area (Å²) in [6, 6.07) is 9.07. The van der Waals surface area contributed by atoms with Gasteiger partial charge in [-0.05, 0) is 30.7 Å². The van der Waals surface area contributed by atoms with Crippen LogP contribution in [0.15, 0.2) is 41.4 Å². The van der Waals surface area contributed by atoms with E-state index in [0.29, 0.717) is 11.7 Å². The number of thiazole rings is 1. The molecule has 2 aromatic rings. The number of nitriles is 1. The van der Waals surface area contributed by atoms with E-state index in [1.807, 2.05) is 13.0 Å². The van der Waals surface area contributed by atoms with Gasteiger partial charge in [0.25, 0.3) is 5.91 Å². The normalized spacial score (nSPS) is 10.8. The van der Waals surface area contributed by atoms with Gasteiger partial charge in [0.2, 0.25) is 0 Å². The third-order valence-electron chi connectivity index (χ3n) is 2.52. The van der Waals surface area contributed by atoms with E-state index in [1.165, 1.54) is 17.4 Å². The van der Waals surface area contributed by atoms with Crippen LogP contribution in [0, 0.1) is 11.3 Å². The highest BCUT2D eigenvalue weighted by molar-refractivity contribution is 7.13. The molecule has 1 aromatic carbocycles. The molecule has 5 nitrogen and oxygen atoms in total. The quantitative estimate of drug-likeness (QED) is 0.680. The van der Waals surface area contributed by atoms with Gasteiger partial charge in [-0.1, -0.05) is 12.1 Å². The van der Waals surface area contributed by atoms with Gasteiger partial charge in [-0.3, -0.25) is 10.1 Å². The van der Waals surface area contributed by atoms with Gasteiger partial charge in [-0.15, -0.1) is 11.3 Å². The lowest BCUT2D eigenvalue weighted by atomic mass is 10.1. The summed E-state index contributed by atoms with van der Waals surface area (Å²) in [6.45, 7) is 2.50. The molecule has 0 radical (unpaired) electrons. The first-order valence-electron chi connectivity index (χ1n) is 6.28. The van der Waals surface area contributed by atoms with Gasteiger partial charge in [0.15, 0.2) is 5.13 Å². The van der Waals surface area contributed by atoms with E-state index in [4.69, 9.17) is 10.00 Å². The number of amides is 1. The highest BCUT2D eigenvalue weighted by atomic mass is 32.1. The minimum atomic E-state index is -0.471. The fourth-order valence-corrected chi connectivity index (χ4v) is 2.12. The van der Waals surface area contributed by atoms with Gasteiger partial charge in [-0.25, -0.2) is 4.98 Å². The predicted molar refractivity (Wildman–Crippen MR) is 81.9 cm³/mol. The Balaban J connectivity index is 2.12. The van der Waals surface area contributed by atoms with E-state index in [0.717, 1.165) is 11.3 Å². The fourth-order valence-electron chi connectivity index (χ4n) is 1.59. The van der Waals surface area contributed by atoms with Crippen molar-refractivity contribution in [3.8, 4) is 11.8 Å². The summed E-state index contributed by atoms with van der Waals surface area (Å²) in [5.41, 5.74) is 0.777. The highest BCUT2D eigenvalue weighted by Crippen LogP contribution is 2.16. The van der Waals surface area contributed by atoms with Crippen molar-refractivity contribution in [1.29, 1.82) is 5.26 Å². The zero-order chi connectivity index (χ0) is 15.1. The van der Waals surface area contributed by atoms with Crippen LogP contribution >= 0.6 is 11.3 Å². The van der Waals surface area contributed by atoms with Crippen LogP contribution < -0.4 is 10.1 Å². The number of benzene rings is 1. The van der Waals surface area contributed by atoms with Crippen molar-refractivity contribution in [1.82, 2.24) is 4.98 Å². The molecule has 0 saturated heterocycles. The molecule has 0 aliphatic rings. The number of nitrogens with one attached hydrogen (secondary N) is 1. The zero-order valence-corrected chi connectivity index (χ0v) is 12.2. The van der Waals surface area contributed by atoms with Gasteiger partial charge in [-0.2, -0.15) is 5.26 Å². The average molecular weight is 299 g/mol. The van der Waals surface area contributed by atoms with Crippen molar-refractivity contribution < 1.29 is 9.53 Å². The standard InChI is InChI=1S/C15H13N3O2S/c1-2-20-13-5-3-11(4-6-13)9-12(10-16)14(19)18-15-17-7-8-21-15/h3-9H,2H2,1H3,(H,17,18,19)/b12-9+. The third kappa shape index (κ3) is 4.16. The molecule has 0 aliphatic carbocycles. The number of anilines is 1. The number of rotatable bonds is 5. The van der Waals surface area contributed by atoms with Crippen molar-refractivity contribution >= 4 is 28.5 Å². The van der Waals surface area contributed by atoms with Crippen molar-refractivity contribution in [2.45, 2.75) is 6.92 Å². The van der Waals surface area contributed by atoms with E-state index in [1.54, 1.807) is 35.8 Å². The molecule has 1 aromatic heterocycles. The number of hydrogen-bond acceptors (Lipinski definition) is 5. The van der Waals surface area contributed by atoms with Gasteiger partial charge < -0.3 is 4.74 Å². The zero-order valence-electron chi connectivity index (χ0n) is 11.4. The first-order valence-corrected chi connectivity index (χ1v) is 7.16. The summed E-state index contributed by atoms with van der Waals surface area (Å²) >= 11 is 1.30. The maximum atomic E-state index is 12.0. The number of carbonyl (C=O) groups is 1. The Morgan fingerprint density at radius 2 is 2.24 bits per heavy atom. The van der Waals surface area contributed by atoms with Crippen LogP contribution in [0.4, 0.5) is 5.13 Å². The van der Waals surface area contributed by atoms with Crippen molar-refractivity contribution in [3.05, 3.63) is 47.0 Å². The lowest BCUT2D eigenvalue weighted by Gasteiger charge is -2.03. The Labute approximate surface area is 126 Å². The van der Waals surface area contributed by atoms with E-state index >= 15 is 0 Å². The molecule has 0 spiro atoms. The smallest absolute Gasteiger partial charge is 0.268 e. The molecular formula is C15H13N3O2S. The molecule has 1 N–H and O–H groups in total. The van der Waals surface area contributed by atoms with Crippen molar-refractivity contribution in [2.75, 3.05) is 11.9 Å². The number of ether oxygens (including phenoxy) is 1. The SMILES string of the molecule is CCOc1ccc(/C=C(\C#N)C(=O)Nc2nccs2)cc1. The Morgan fingerprint density at radius 1 is 1.48 bits per heavy atom. The van der Waals surface area contributed by atoms with Crippen LogP contribution in [0.2, 0.25) is 0 Å². The minimum Gasteiger partial charge on any atom is -0.494 e. The van der Waals surface area contributed by atoms with Gasteiger partial charge in [0.1, 0.15) is 17.4 Å². The number of carbonyl (C=O) groups excluding carboxylic acids is 1. The molecule has 0 atom stereocenters. The van der Waals surface area contributed by atoms with E-state index in [-0.39, 0.29) is 5.57 Å². The third-order valence-corrected chi connectivity index (χ3v) is 3.21. The van der Waals surface area contributed by atoms with Gasteiger partial charge in [0, 0.05) is 11.6 Å². The second kappa shape index (κ2) is 7.22. The van der Waals surface area contributed by atoms with E-state index < -0.39 is 5.91 Å². The van der Waals surface area contributed by atoms with Crippen LogP contribution in [0.5, 0.6) is 5.75 Å². The Morgan fingerprint density at radius 3 is 2.81 bits per heavy atom. The lowest BCUT2D eigenvalue weighted by molar-refractivity contribution is -0.112. The highest BCUT2D eigenvalue weighted by Gasteiger charge is 2.10.